The quantitative estimate of drug-likeness (QED) is 0.298. The van der Waals surface area contributed by atoms with Crippen molar-refractivity contribution in [1.29, 1.82) is 0 Å². The summed E-state index contributed by atoms with van der Waals surface area (Å²) >= 11 is 0. The van der Waals surface area contributed by atoms with Crippen LogP contribution in [0.1, 0.15) is 6.92 Å². The monoisotopic (exact) mass is 582 g/mol. The number of nitrogens with one attached hydrogen (secondary N) is 1. The van der Waals surface area contributed by atoms with Crippen LogP contribution in [0.4, 0.5) is 14.9 Å². The molecule has 0 radical (unpaired) electrons. The summed E-state index contributed by atoms with van der Waals surface area (Å²) in [6.45, 7) is 1.88. The van der Waals surface area contributed by atoms with Crippen LogP contribution in [0.25, 0.3) is 22.5 Å². The highest BCUT2D eigenvalue weighted by molar-refractivity contribution is 5.86. The van der Waals surface area contributed by atoms with Crippen LogP contribution < -0.4 is 26.0 Å². The fraction of sp³-hybridized carbons (Fsp3) is 0.103. The van der Waals surface area contributed by atoms with E-state index in [-0.39, 0.29) is 23.8 Å². The first-order valence-corrected chi connectivity index (χ1v) is 13.0. The summed E-state index contributed by atoms with van der Waals surface area (Å²) in [6, 6.07) is 11.5. The highest BCUT2D eigenvalue weighted by Crippen LogP contribution is 2.30. The summed E-state index contributed by atoms with van der Waals surface area (Å²) in [6.07, 6.45) is 8.59. The summed E-state index contributed by atoms with van der Waals surface area (Å²) in [7, 11) is 1.88. The third-order valence-corrected chi connectivity index (χ3v) is 6.42. The van der Waals surface area contributed by atoms with Gasteiger partial charge in [-0.2, -0.15) is 5.10 Å². The molecule has 0 aliphatic rings. The molecule has 0 aliphatic heterocycles. The van der Waals surface area contributed by atoms with Gasteiger partial charge in [0.25, 0.3) is 0 Å². The molecule has 0 unspecified atom stereocenters. The van der Waals surface area contributed by atoms with Gasteiger partial charge in [0.2, 0.25) is 11.6 Å². The number of amides is 1. The minimum absolute atomic E-state index is 0.128. The van der Waals surface area contributed by atoms with E-state index in [1.807, 2.05) is 30.1 Å². The van der Waals surface area contributed by atoms with Crippen molar-refractivity contribution in [3.63, 3.8) is 0 Å². The molecule has 1 N–H and O–H groups in total. The fourth-order valence-corrected chi connectivity index (χ4v) is 4.34. The van der Waals surface area contributed by atoms with E-state index in [2.05, 4.69) is 20.4 Å². The van der Waals surface area contributed by atoms with E-state index in [4.69, 9.17) is 9.47 Å². The van der Waals surface area contributed by atoms with Gasteiger partial charge in [-0.05, 0) is 49.4 Å². The zero-order chi connectivity index (χ0) is 30.1. The molecule has 5 heterocycles. The number of anilines is 1. The molecule has 0 saturated carbocycles. The maximum Gasteiger partial charge on any atom is 0.417 e. The number of hydrogen-bond acceptors (Lipinski definition) is 8. The van der Waals surface area contributed by atoms with Crippen LogP contribution in [0.3, 0.4) is 0 Å². The molecule has 1 amide bonds. The minimum atomic E-state index is -0.983. The zero-order valence-electron chi connectivity index (χ0n) is 22.8. The van der Waals surface area contributed by atoms with Gasteiger partial charge in [0.05, 0.1) is 42.0 Å². The van der Waals surface area contributed by atoms with Gasteiger partial charge in [-0.15, -0.1) is 0 Å². The van der Waals surface area contributed by atoms with Gasteiger partial charge in [-0.3, -0.25) is 14.7 Å². The number of carbonyl (C=O) groups is 1. The molecule has 0 bridgehead atoms. The summed E-state index contributed by atoms with van der Waals surface area (Å²) in [5, 5.41) is 6.80. The Morgan fingerprint density at radius 3 is 2.51 bits per heavy atom. The van der Waals surface area contributed by atoms with E-state index in [1.165, 1.54) is 22.9 Å². The molecule has 0 atom stereocenters. The second kappa shape index (κ2) is 11.1. The van der Waals surface area contributed by atoms with Crippen molar-refractivity contribution in [1.82, 2.24) is 33.3 Å². The van der Waals surface area contributed by atoms with Crippen molar-refractivity contribution < 1.29 is 18.7 Å². The van der Waals surface area contributed by atoms with E-state index in [1.54, 1.807) is 42.2 Å². The number of nitrogens with zero attached hydrogens (tertiary/aromatic N) is 7. The average molecular weight is 583 g/mol. The molecule has 43 heavy (non-hydrogen) atoms. The first-order chi connectivity index (χ1) is 20.8. The van der Waals surface area contributed by atoms with Gasteiger partial charge in [0.1, 0.15) is 11.3 Å². The molecule has 0 aliphatic carbocycles. The van der Waals surface area contributed by atoms with Crippen molar-refractivity contribution in [2.24, 2.45) is 7.05 Å². The molecular formula is C29H23FN8O5. The standard InChI is InChI=1S/C29H23FN8O5/c1-3-36-16-25(27(39)38(29(36)41)21-7-4-19(30)5-8-21)43-28(40)34-20-6-9-26(31-13-20)42-24-12-18(22-15-35(2)17-32-22)14-37-23(24)10-11-33-37/h4-17H,3H2,1-2H3,(H,34,40). The van der Waals surface area contributed by atoms with Crippen LogP contribution in [0.5, 0.6) is 17.4 Å². The molecule has 0 spiro atoms. The zero-order valence-corrected chi connectivity index (χ0v) is 22.8. The number of aromatic nitrogens is 7. The number of imidazole rings is 1. The molecule has 6 rings (SSSR count). The van der Waals surface area contributed by atoms with Crippen molar-refractivity contribution in [3.05, 3.63) is 112 Å². The number of halogens is 1. The largest absolute Gasteiger partial charge is 0.437 e. The van der Waals surface area contributed by atoms with Gasteiger partial charge in [-0.25, -0.2) is 33.0 Å². The maximum absolute atomic E-state index is 13.4. The van der Waals surface area contributed by atoms with Crippen LogP contribution in [0.2, 0.25) is 0 Å². The van der Waals surface area contributed by atoms with E-state index in [9.17, 15) is 18.8 Å². The minimum Gasteiger partial charge on any atom is -0.437 e. The molecular weight excluding hydrogens is 559 g/mol. The predicted octanol–water partition coefficient (Wildman–Crippen LogP) is 4.00. The molecule has 1 aromatic carbocycles. The topological polar surface area (TPSA) is 140 Å². The van der Waals surface area contributed by atoms with Crippen molar-refractivity contribution >= 4 is 17.3 Å². The number of pyridine rings is 2. The van der Waals surface area contributed by atoms with Crippen molar-refractivity contribution in [2.75, 3.05) is 5.32 Å². The molecule has 0 fully saturated rings. The summed E-state index contributed by atoms with van der Waals surface area (Å²) < 4.78 is 30.2. The Bertz CT molecular complexity index is 2080. The van der Waals surface area contributed by atoms with Crippen LogP contribution in [0.15, 0.2) is 95.4 Å². The number of fused-ring (bicyclic) bond motifs is 1. The number of carbonyl (C=O) groups excluding carboxylic acids is 1. The van der Waals surface area contributed by atoms with Crippen LogP contribution in [0, 0.1) is 5.82 Å². The number of ether oxygens (including phenoxy) is 2. The van der Waals surface area contributed by atoms with Gasteiger partial charge in [0, 0.05) is 37.6 Å². The lowest BCUT2D eigenvalue weighted by Gasteiger charge is -2.12. The molecule has 13 nitrogen and oxygen atoms in total. The third kappa shape index (κ3) is 5.48. The van der Waals surface area contributed by atoms with Gasteiger partial charge >= 0.3 is 17.3 Å². The fourth-order valence-electron chi connectivity index (χ4n) is 4.34. The van der Waals surface area contributed by atoms with Gasteiger partial charge in [-0.1, -0.05) is 0 Å². The predicted molar refractivity (Wildman–Crippen MR) is 153 cm³/mol. The molecule has 6 aromatic rings. The van der Waals surface area contributed by atoms with E-state index < -0.39 is 28.9 Å². The van der Waals surface area contributed by atoms with Crippen molar-refractivity contribution in [2.45, 2.75) is 13.5 Å². The average Bonchev–Trinajstić information content (AvgIpc) is 3.66. The smallest absolute Gasteiger partial charge is 0.417 e. The Kier molecular flexibility index (Phi) is 6.99. The lowest BCUT2D eigenvalue weighted by molar-refractivity contribution is 0.213. The molecule has 14 heteroatoms. The van der Waals surface area contributed by atoms with Crippen LogP contribution in [-0.2, 0) is 13.6 Å². The number of hydrogen-bond donors (Lipinski definition) is 1. The Morgan fingerprint density at radius 1 is 1.00 bits per heavy atom. The highest BCUT2D eigenvalue weighted by atomic mass is 19.1. The molecule has 5 aromatic heterocycles. The molecule has 216 valence electrons. The Balaban J connectivity index is 1.20. The Hall–Kier alpha value is -6.05. The Labute approximate surface area is 242 Å². The second-order valence-electron chi connectivity index (χ2n) is 9.36. The first-order valence-electron chi connectivity index (χ1n) is 13.0. The normalized spacial score (nSPS) is 11.0. The summed E-state index contributed by atoms with van der Waals surface area (Å²) in [4.78, 5) is 47.2. The SMILES string of the molecule is CCn1cc(OC(=O)Nc2ccc(Oc3cc(-c4cn(C)cn4)cn4nccc34)nc2)c(=O)n(-c2ccc(F)cc2)c1=O. The van der Waals surface area contributed by atoms with Crippen molar-refractivity contribution in [3.8, 4) is 34.3 Å². The summed E-state index contributed by atoms with van der Waals surface area (Å²) in [5.41, 5.74) is 1.10. The van der Waals surface area contributed by atoms with E-state index >= 15 is 0 Å². The lowest BCUT2D eigenvalue weighted by Crippen LogP contribution is -2.39. The maximum atomic E-state index is 13.4. The number of rotatable bonds is 7. The van der Waals surface area contributed by atoms with E-state index in [0.29, 0.717) is 11.3 Å². The number of benzene rings is 1. The number of aryl methyl sites for hydroxylation is 2. The van der Waals surface area contributed by atoms with Gasteiger partial charge in [0.15, 0.2) is 5.75 Å². The Morgan fingerprint density at radius 2 is 1.81 bits per heavy atom. The highest BCUT2D eigenvalue weighted by Gasteiger charge is 2.17. The summed E-state index contributed by atoms with van der Waals surface area (Å²) in [5.74, 6) is -0.180. The van der Waals surface area contributed by atoms with Crippen LogP contribution in [-0.4, -0.2) is 39.4 Å². The van der Waals surface area contributed by atoms with Gasteiger partial charge < -0.3 is 14.0 Å². The van der Waals surface area contributed by atoms with Crippen LogP contribution >= 0.6 is 0 Å². The first kappa shape index (κ1) is 27.1. The third-order valence-electron chi connectivity index (χ3n) is 6.42. The molecule has 0 saturated heterocycles. The lowest BCUT2D eigenvalue weighted by atomic mass is 10.2. The van der Waals surface area contributed by atoms with E-state index in [0.717, 1.165) is 34.2 Å². The second-order valence-corrected chi connectivity index (χ2v) is 9.36.